The molecule has 1 amide bonds. The third kappa shape index (κ3) is 2.42. The lowest BCUT2D eigenvalue weighted by molar-refractivity contribution is -0.115. The van der Waals surface area contributed by atoms with Gasteiger partial charge in [0.1, 0.15) is 5.82 Å². The first-order valence-electron chi connectivity index (χ1n) is 4.39. The lowest BCUT2D eigenvalue weighted by Gasteiger charge is -2.05. The number of nitrogens with one attached hydrogen (secondary N) is 1. The maximum absolute atomic E-state index is 13.3. The van der Waals surface area contributed by atoms with Gasteiger partial charge in [-0.3, -0.25) is 4.79 Å². The summed E-state index contributed by atoms with van der Waals surface area (Å²) in [7, 11) is 0. The van der Waals surface area contributed by atoms with Crippen LogP contribution in [0.25, 0.3) is 6.08 Å². The number of halogens is 1. The first-order chi connectivity index (χ1) is 6.67. The summed E-state index contributed by atoms with van der Waals surface area (Å²) in [5, 5.41) is 2.46. The normalized spacial score (nSPS) is 9.57. The minimum atomic E-state index is -0.441. The van der Waals surface area contributed by atoms with E-state index in [0.29, 0.717) is 12.0 Å². The number of anilines is 1. The Kier molecular flexibility index (Phi) is 3.40. The van der Waals surface area contributed by atoms with E-state index in [1.165, 1.54) is 12.1 Å². The summed E-state index contributed by atoms with van der Waals surface area (Å²) in [5.41, 5.74) is 0.902. The molecule has 0 aromatic heterocycles. The van der Waals surface area contributed by atoms with Gasteiger partial charge in [0.05, 0.1) is 5.69 Å². The predicted molar refractivity (Wildman–Crippen MR) is 55.4 cm³/mol. The van der Waals surface area contributed by atoms with Gasteiger partial charge in [-0.05, 0) is 17.7 Å². The van der Waals surface area contributed by atoms with Crippen molar-refractivity contribution in [1.29, 1.82) is 0 Å². The van der Waals surface area contributed by atoms with E-state index in [1.807, 2.05) is 0 Å². The van der Waals surface area contributed by atoms with Crippen molar-refractivity contribution in [3.8, 4) is 0 Å². The zero-order valence-corrected chi connectivity index (χ0v) is 8.01. The fourth-order valence-electron chi connectivity index (χ4n) is 0.998. The topological polar surface area (TPSA) is 29.1 Å². The van der Waals surface area contributed by atoms with Gasteiger partial charge in [0.2, 0.25) is 5.91 Å². The number of benzene rings is 1. The molecule has 0 atom stereocenters. The van der Waals surface area contributed by atoms with E-state index in [1.54, 1.807) is 19.1 Å². The number of rotatable bonds is 3. The zero-order valence-electron chi connectivity index (χ0n) is 8.01. The Morgan fingerprint density at radius 3 is 2.86 bits per heavy atom. The fraction of sp³-hybridized carbons (Fsp3) is 0.182. The molecule has 0 aliphatic heterocycles. The first-order valence-corrected chi connectivity index (χ1v) is 4.39. The van der Waals surface area contributed by atoms with Gasteiger partial charge in [-0.15, -0.1) is 0 Å². The molecule has 0 unspecified atom stereocenters. The Hall–Kier alpha value is -1.64. The van der Waals surface area contributed by atoms with Crippen molar-refractivity contribution in [2.24, 2.45) is 0 Å². The molecule has 0 radical (unpaired) electrons. The second kappa shape index (κ2) is 4.56. The largest absolute Gasteiger partial charge is 0.324 e. The van der Waals surface area contributed by atoms with Crippen LogP contribution in [0.15, 0.2) is 24.8 Å². The summed E-state index contributed by atoms with van der Waals surface area (Å²) >= 11 is 0. The smallest absolute Gasteiger partial charge is 0.224 e. The van der Waals surface area contributed by atoms with Crippen LogP contribution in [-0.4, -0.2) is 5.91 Å². The minimum Gasteiger partial charge on any atom is -0.324 e. The van der Waals surface area contributed by atoms with E-state index < -0.39 is 5.82 Å². The second-order valence-corrected chi connectivity index (χ2v) is 2.85. The van der Waals surface area contributed by atoms with Gasteiger partial charge in [-0.1, -0.05) is 25.6 Å². The predicted octanol–water partition coefficient (Wildman–Crippen LogP) is 2.82. The highest BCUT2D eigenvalue weighted by Gasteiger charge is 2.04. The third-order valence-electron chi connectivity index (χ3n) is 1.82. The van der Waals surface area contributed by atoms with Crippen molar-refractivity contribution >= 4 is 17.7 Å². The van der Waals surface area contributed by atoms with Crippen LogP contribution in [-0.2, 0) is 4.79 Å². The Morgan fingerprint density at radius 1 is 1.64 bits per heavy atom. The van der Waals surface area contributed by atoms with Crippen LogP contribution in [0.1, 0.15) is 18.9 Å². The van der Waals surface area contributed by atoms with Gasteiger partial charge in [-0.25, -0.2) is 4.39 Å². The zero-order chi connectivity index (χ0) is 10.6. The van der Waals surface area contributed by atoms with E-state index in [2.05, 4.69) is 11.9 Å². The van der Waals surface area contributed by atoms with Crippen molar-refractivity contribution in [2.45, 2.75) is 13.3 Å². The van der Waals surface area contributed by atoms with E-state index in [-0.39, 0.29) is 11.6 Å². The average Bonchev–Trinajstić information content (AvgIpc) is 2.20. The molecule has 0 aliphatic rings. The van der Waals surface area contributed by atoms with Gasteiger partial charge < -0.3 is 5.32 Å². The maximum Gasteiger partial charge on any atom is 0.224 e. The summed E-state index contributed by atoms with van der Waals surface area (Å²) in [5.74, 6) is -0.639. The molecule has 0 saturated heterocycles. The van der Waals surface area contributed by atoms with Crippen molar-refractivity contribution in [3.05, 3.63) is 36.2 Å². The van der Waals surface area contributed by atoms with Crippen LogP contribution in [0.5, 0.6) is 0 Å². The van der Waals surface area contributed by atoms with Crippen LogP contribution < -0.4 is 5.32 Å². The molecule has 1 aromatic carbocycles. The van der Waals surface area contributed by atoms with E-state index in [4.69, 9.17) is 0 Å². The van der Waals surface area contributed by atoms with Crippen molar-refractivity contribution in [3.63, 3.8) is 0 Å². The summed E-state index contributed by atoms with van der Waals surface area (Å²) in [6, 6.07) is 4.56. The highest BCUT2D eigenvalue weighted by Crippen LogP contribution is 2.16. The Labute approximate surface area is 82.4 Å². The molecule has 14 heavy (non-hydrogen) atoms. The molecule has 1 N–H and O–H groups in total. The molecule has 3 heteroatoms. The standard InChI is InChI=1S/C11H12FNO/c1-3-8-5-6-10(9(12)7-8)13-11(14)4-2/h3,5-7H,1,4H2,2H3,(H,13,14). The fourth-order valence-corrected chi connectivity index (χ4v) is 0.998. The maximum atomic E-state index is 13.3. The summed E-state index contributed by atoms with van der Waals surface area (Å²) in [6.45, 7) is 5.24. The first kappa shape index (κ1) is 10.4. The second-order valence-electron chi connectivity index (χ2n) is 2.85. The monoisotopic (exact) mass is 193 g/mol. The molecular weight excluding hydrogens is 181 g/mol. The van der Waals surface area contributed by atoms with E-state index >= 15 is 0 Å². The highest BCUT2D eigenvalue weighted by molar-refractivity contribution is 5.90. The van der Waals surface area contributed by atoms with Crippen LogP contribution in [0.4, 0.5) is 10.1 Å². The number of hydrogen-bond donors (Lipinski definition) is 1. The molecule has 0 saturated carbocycles. The number of hydrogen-bond acceptors (Lipinski definition) is 1. The van der Waals surface area contributed by atoms with Crippen molar-refractivity contribution in [2.75, 3.05) is 5.32 Å². The molecule has 74 valence electrons. The van der Waals surface area contributed by atoms with Crippen molar-refractivity contribution in [1.82, 2.24) is 0 Å². The molecule has 1 aromatic rings. The van der Waals surface area contributed by atoms with Crippen molar-refractivity contribution < 1.29 is 9.18 Å². The Morgan fingerprint density at radius 2 is 2.36 bits per heavy atom. The molecule has 1 rings (SSSR count). The lowest BCUT2D eigenvalue weighted by atomic mass is 10.2. The highest BCUT2D eigenvalue weighted by atomic mass is 19.1. The number of amides is 1. The summed E-state index contributed by atoms with van der Waals surface area (Å²) in [4.78, 5) is 11.0. The molecule has 2 nitrogen and oxygen atoms in total. The molecular formula is C11H12FNO. The van der Waals surface area contributed by atoms with Gasteiger partial charge in [0, 0.05) is 6.42 Å². The van der Waals surface area contributed by atoms with Gasteiger partial charge in [0.25, 0.3) is 0 Å². The number of carbonyl (C=O) groups is 1. The molecule has 0 spiro atoms. The van der Waals surface area contributed by atoms with Gasteiger partial charge in [-0.2, -0.15) is 0 Å². The Balaban J connectivity index is 2.89. The average molecular weight is 193 g/mol. The van der Waals surface area contributed by atoms with Crippen LogP contribution in [0, 0.1) is 5.82 Å². The van der Waals surface area contributed by atoms with Crippen LogP contribution >= 0.6 is 0 Å². The molecule has 0 heterocycles. The lowest BCUT2D eigenvalue weighted by Crippen LogP contribution is -2.10. The van der Waals surface area contributed by atoms with Gasteiger partial charge >= 0.3 is 0 Å². The quantitative estimate of drug-likeness (QED) is 0.785. The van der Waals surface area contributed by atoms with Crippen LogP contribution in [0.2, 0.25) is 0 Å². The van der Waals surface area contributed by atoms with E-state index in [0.717, 1.165) is 0 Å². The van der Waals surface area contributed by atoms with E-state index in [9.17, 15) is 9.18 Å². The summed E-state index contributed by atoms with van der Waals surface area (Å²) in [6.07, 6.45) is 1.89. The molecule has 0 bridgehead atoms. The number of carbonyl (C=O) groups excluding carboxylic acids is 1. The molecule has 0 aliphatic carbocycles. The Bertz CT molecular complexity index is 360. The SMILES string of the molecule is C=Cc1ccc(NC(=O)CC)c(F)c1. The third-order valence-corrected chi connectivity index (χ3v) is 1.82. The molecule has 0 fully saturated rings. The summed E-state index contributed by atoms with van der Waals surface area (Å²) < 4.78 is 13.3. The minimum absolute atomic E-state index is 0.199. The van der Waals surface area contributed by atoms with Crippen LogP contribution in [0.3, 0.4) is 0 Å². The van der Waals surface area contributed by atoms with Gasteiger partial charge in [0.15, 0.2) is 0 Å².